The summed E-state index contributed by atoms with van der Waals surface area (Å²) in [4.78, 5) is 29.1. The normalized spacial score (nSPS) is 17.2. The van der Waals surface area contributed by atoms with Gasteiger partial charge < -0.3 is 28.4 Å². The zero-order valence-electron chi connectivity index (χ0n) is 19.1. The molecule has 0 unspecified atom stereocenters. The van der Waals surface area contributed by atoms with Crippen LogP contribution in [0.4, 0.5) is 0 Å². The molecule has 2 amide bonds. The topological polar surface area (TPSA) is 107 Å². The van der Waals surface area contributed by atoms with Crippen molar-refractivity contribution < 1.29 is 28.2 Å². The van der Waals surface area contributed by atoms with Crippen molar-refractivity contribution >= 4 is 23.6 Å². The number of ether oxygens (including phenoxy) is 3. The van der Waals surface area contributed by atoms with Gasteiger partial charge >= 0.3 is 0 Å². The van der Waals surface area contributed by atoms with Crippen molar-refractivity contribution in [3.05, 3.63) is 48.5 Å². The van der Waals surface area contributed by atoms with Gasteiger partial charge in [0.2, 0.25) is 12.0 Å². The summed E-state index contributed by atoms with van der Waals surface area (Å²) in [5, 5.41) is 8.40. The first-order chi connectivity index (χ1) is 17.1. The minimum Gasteiger partial charge on any atom is -0.496 e. The van der Waals surface area contributed by atoms with Crippen LogP contribution in [0.1, 0.15) is 0 Å². The molecule has 0 spiro atoms. The molecule has 10 nitrogen and oxygen atoms in total. The Morgan fingerprint density at radius 3 is 2.51 bits per heavy atom. The number of benzene rings is 2. The van der Waals surface area contributed by atoms with Gasteiger partial charge in [-0.3, -0.25) is 9.59 Å². The number of hydrogen-bond acceptors (Lipinski definition) is 9. The maximum Gasteiger partial charge on any atom is 0.277 e. The lowest BCUT2D eigenvalue weighted by atomic mass is 10.2. The lowest BCUT2D eigenvalue weighted by Gasteiger charge is -2.37. The maximum absolute atomic E-state index is 12.9. The van der Waals surface area contributed by atoms with Gasteiger partial charge in [0.1, 0.15) is 12.4 Å². The van der Waals surface area contributed by atoms with E-state index in [4.69, 9.17) is 18.6 Å². The summed E-state index contributed by atoms with van der Waals surface area (Å²) in [6, 6.07) is 14.6. The monoisotopic (exact) mass is 496 g/mol. The van der Waals surface area contributed by atoms with Gasteiger partial charge in [-0.2, -0.15) is 0 Å². The Kier molecular flexibility index (Phi) is 6.75. The fourth-order valence-corrected chi connectivity index (χ4v) is 4.60. The number of methoxy groups -OCH3 is 1. The molecule has 3 aromatic rings. The molecule has 182 valence electrons. The van der Waals surface area contributed by atoms with Crippen molar-refractivity contribution in [3.63, 3.8) is 0 Å². The predicted molar refractivity (Wildman–Crippen MR) is 127 cm³/mol. The number of piperazine rings is 1. The molecule has 0 saturated carbocycles. The van der Waals surface area contributed by atoms with E-state index in [1.165, 1.54) is 11.8 Å². The molecule has 11 heteroatoms. The van der Waals surface area contributed by atoms with Gasteiger partial charge in [-0.25, -0.2) is 0 Å². The Morgan fingerprint density at radius 1 is 1.00 bits per heavy atom. The Balaban J connectivity index is 1.10. The molecule has 1 aromatic heterocycles. The Bertz CT molecular complexity index is 1210. The summed E-state index contributed by atoms with van der Waals surface area (Å²) in [7, 11) is 1.58. The van der Waals surface area contributed by atoms with E-state index < -0.39 is 6.10 Å². The summed E-state index contributed by atoms with van der Waals surface area (Å²) >= 11 is 1.19. The van der Waals surface area contributed by atoms with Gasteiger partial charge in [0.25, 0.3) is 17.0 Å². The molecule has 0 bridgehead atoms. The van der Waals surface area contributed by atoms with Crippen molar-refractivity contribution in [1.29, 1.82) is 0 Å². The smallest absolute Gasteiger partial charge is 0.277 e. The number of carbonyl (C=O) groups excluding carboxylic acids is 2. The van der Waals surface area contributed by atoms with Gasteiger partial charge in [-0.1, -0.05) is 36.0 Å². The molecule has 0 N–H and O–H groups in total. The molecule has 1 saturated heterocycles. The fraction of sp³-hybridized carbons (Fsp3) is 0.333. The lowest BCUT2D eigenvalue weighted by Crippen LogP contribution is -2.55. The van der Waals surface area contributed by atoms with Crippen molar-refractivity contribution in [1.82, 2.24) is 20.0 Å². The highest BCUT2D eigenvalue weighted by atomic mass is 32.2. The van der Waals surface area contributed by atoms with Crippen molar-refractivity contribution in [2.45, 2.75) is 11.3 Å². The molecule has 1 fully saturated rings. The highest BCUT2D eigenvalue weighted by Gasteiger charge is 2.33. The molecular formula is C24H24N4O6S. The summed E-state index contributed by atoms with van der Waals surface area (Å²) in [5.41, 5.74) is 0.692. The van der Waals surface area contributed by atoms with Crippen LogP contribution in [0.15, 0.2) is 58.2 Å². The van der Waals surface area contributed by atoms with Crippen LogP contribution < -0.4 is 14.2 Å². The fourth-order valence-electron chi connectivity index (χ4n) is 3.93. The molecule has 5 rings (SSSR count). The molecule has 35 heavy (non-hydrogen) atoms. The van der Waals surface area contributed by atoms with Crippen molar-refractivity contribution in [2.24, 2.45) is 0 Å². The van der Waals surface area contributed by atoms with Gasteiger partial charge in [0.15, 0.2) is 11.5 Å². The van der Waals surface area contributed by atoms with E-state index in [1.54, 1.807) is 23.0 Å². The zero-order valence-corrected chi connectivity index (χ0v) is 19.9. The van der Waals surface area contributed by atoms with Gasteiger partial charge in [0.05, 0.1) is 18.4 Å². The highest BCUT2D eigenvalue weighted by molar-refractivity contribution is 7.99. The minimum absolute atomic E-state index is 0.0506. The first kappa shape index (κ1) is 23.0. The third-order valence-electron chi connectivity index (χ3n) is 5.79. The predicted octanol–water partition coefficient (Wildman–Crippen LogP) is 2.35. The van der Waals surface area contributed by atoms with Crippen LogP contribution >= 0.6 is 11.8 Å². The van der Waals surface area contributed by atoms with Crippen LogP contribution in [0.25, 0.3) is 11.5 Å². The number of aromatic nitrogens is 2. The van der Waals surface area contributed by atoms with Gasteiger partial charge in [0, 0.05) is 26.2 Å². The number of nitrogens with zero attached hydrogens (tertiary/aromatic N) is 4. The van der Waals surface area contributed by atoms with Crippen LogP contribution in [0.3, 0.4) is 0 Å². The Hall–Kier alpha value is -3.73. The summed E-state index contributed by atoms with van der Waals surface area (Å²) in [5.74, 6) is 2.16. The average molecular weight is 497 g/mol. The maximum atomic E-state index is 12.9. The van der Waals surface area contributed by atoms with E-state index in [1.807, 2.05) is 42.5 Å². The number of hydrogen-bond donors (Lipinski definition) is 0. The number of thioether (sulfide) groups is 1. The first-order valence-corrected chi connectivity index (χ1v) is 12.2. The van der Waals surface area contributed by atoms with Crippen LogP contribution in [0.5, 0.6) is 17.2 Å². The molecule has 2 aliphatic rings. The van der Waals surface area contributed by atoms with Gasteiger partial charge in [-0.05, 0) is 24.3 Å². The number of amides is 2. The average Bonchev–Trinajstić information content (AvgIpc) is 3.40. The summed E-state index contributed by atoms with van der Waals surface area (Å²) in [6.07, 6.45) is -0.683. The van der Waals surface area contributed by atoms with Crippen LogP contribution in [0, 0.1) is 0 Å². The number of carbonyl (C=O) groups is 2. The molecular weight excluding hydrogens is 472 g/mol. The van der Waals surface area contributed by atoms with E-state index >= 15 is 0 Å². The van der Waals surface area contributed by atoms with Crippen LogP contribution in [-0.4, -0.2) is 83.6 Å². The first-order valence-electron chi connectivity index (χ1n) is 11.2. The number of para-hydroxylation sites is 3. The summed E-state index contributed by atoms with van der Waals surface area (Å²) < 4.78 is 22.5. The molecule has 2 aromatic carbocycles. The van der Waals surface area contributed by atoms with Crippen molar-refractivity contribution in [2.75, 3.05) is 45.6 Å². The van der Waals surface area contributed by atoms with Gasteiger partial charge in [-0.15, -0.1) is 10.2 Å². The highest BCUT2D eigenvalue weighted by Crippen LogP contribution is 2.32. The van der Waals surface area contributed by atoms with Crippen molar-refractivity contribution in [3.8, 4) is 28.7 Å². The zero-order chi connectivity index (χ0) is 24.2. The summed E-state index contributed by atoms with van der Waals surface area (Å²) in [6.45, 7) is 1.95. The van der Waals surface area contributed by atoms with E-state index in [-0.39, 0.29) is 24.2 Å². The van der Waals surface area contributed by atoms with E-state index in [2.05, 4.69) is 10.2 Å². The third-order valence-corrected chi connectivity index (χ3v) is 6.59. The SMILES string of the molecule is COc1ccccc1-c1nnc(SCC(=O)N2CCN(C(=O)[C@@H]3COc4ccccc4O3)CC2)o1. The van der Waals surface area contributed by atoms with E-state index in [9.17, 15) is 9.59 Å². The number of rotatable bonds is 6. The number of fused-ring (bicyclic) bond motifs is 1. The molecule has 0 aliphatic carbocycles. The largest absolute Gasteiger partial charge is 0.496 e. The minimum atomic E-state index is -0.683. The second-order valence-electron chi connectivity index (χ2n) is 7.93. The van der Waals surface area contributed by atoms with Crippen LogP contribution in [-0.2, 0) is 9.59 Å². The second kappa shape index (κ2) is 10.3. The molecule has 1 atom stereocenters. The van der Waals surface area contributed by atoms with E-state index in [0.717, 1.165) is 0 Å². The molecule has 2 aliphatic heterocycles. The molecule has 3 heterocycles. The quantitative estimate of drug-likeness (QED) is 0.475. The second-order valence-corrected chi connectivity index (χ2v) is 8.86. The van der Waals surface area contributed by atoms with E-state index in [0.29, 0.717) is 60.1 Å². The standard InChI is InChI=1S/C24H24N4O6S/c1-31-17-7-3-2-6-16(17)22-25-26-24(34-22)35-15-21(29)27-10-12-28(13-11-27)23(30)20-14-32-18-8-4-5-9-19(18)33-20/h2-9,20H,10-15H2,1H3/t20-/m0/s1. The molecule has 0 radical (unpaired) electrons. The lowest BCUT2D eigenvalue weighted by molar-refractivity contribution is -0.145. The Labute approximate surface area is 206 Å². The van der Waals surface area contributed by atoms with Crippen LogP contribution in [0.2, 0.25) is 0 Å². The Morgan fingerprint density at radius 2 is 1.71 bits per heavy atom. The third kappa shape index (κ3) is 5.04.